The Morgan fingerprint density at radius 3 is 2.45 bits per heavy atom. The van der Waals surface area contributed by atoms with Gasteiger partial charge in [-0.1, -0.05) is 45.2 Å². The number of anilines is 2. The predicted octanol–water partition coefficient (Wildman–Crippen LogP) is 7.54. The van der Waals surface area contributed by atoms with E-state index in [4.69, 9.17) is 0 Å². The Kier molecular flexibility index (Phi) is 10.1. The van der Waals surface area contributed by atoms with Gasteiger partial charge < -0.3 is 23.9 Å². The number of halogens is 3. The smallest absolute Gasteiger partial charge is 0.187 e. The van der Waals surface area contributed by atoms with E-state index in [1.54, 1.807) is 12.7 Å². The second-order valence-corrected chi connectivity index (χ2v) is 14.4. The molecule has 0 N–H and O–H groups in total. The summed E-state index contributed by atoms with van der Waals surface area (Å²) in [6.07, 6.45) is 10.2. The van der Waals surface area contributed by atoms with Gasteiger partial charge in [-0.05, 0) is 37.8 Å². The van der Waals surface area contributed by atoms with Gasteiger partial charge in [0, 0.05) is 69.0 Å². The van der Waals surface area contributed by atoms with Gasteiger partial charge in [-0.3, -0.25) is 4.99 Å². The molecule has 228 valence electrons. The first-order chi connectivity index (χ1) is 20.0. The lowest BCUT2D eigenvalue weighted by Gasteiger charge is -2.35. The molecule has 0 spiro atoms. The molecule has 0 aromatic heterocycles. The molecule has 3 heterocycles. The summed E-state index contributed by atoms with van der Waals surface area (Å²) in [5.41, 5.74) is 1.65. The first-order valence-electron chi connectivity index (χ1n) is 14.7. The molecule has 0 amide bonds. The predicted molar refractivity (Wildman–Crippen MR) is 169 cm³/mol. The van der Waals surface area contributed by atoms with Crippen molar-refractivity contribution in [3.8, 4) is 0 Å². The van der Waals surface area contributed by atoms with E-state index in [1.165, 1.54) is 16.0 Å². The molecule has 0 radical (unpaired) electrons. The van der Waals surface area contributed by atoms with Crippen molar-refractivity contribution in [3.05, 3.63) is 84.7 Å². The number of nitrogens with zero attached hydrogens (tertiary/aromatic N) is 5. The van der Waals surface area contributed by atoms with Crippen LogP contribution in [0, 0.1) is 23.4 Å². The van der Waals surface area contributed by atoms with Gasteiger partial charge in [0.1, 0.15) is 11.5 Å². The standard InChI is InChI=1S/C32H43F3N5OP/c1-7-14-37(15-8-2)25(5)22-42(6,41)40(29-10-9-13-36-29)21-26-18-24(4)39(20-26)28-19-27(33)32(31(35)30(28)34)38-16-11-23(3)12-17-38/h9-11,16,19,26H,3-5,7-8,12-15,17-18,20-22H2,1-2,6H3. The summed E-state index contributed by atoms with van der Waals surface area (Å²) in [6, 6.07) is 1.05. The van der Waals surface area contributed by atoms with Crippen molar-refractivity contribution in [1.29, 1.82) is 0 Å². The second-order valence-electron chi connectivity index (χ2n) is 11.5. The van der Waals surface area contributed by atoms with Gasteiger partial charge in [0.15, 0.2) is 24.7 Å². The van der Waals surface area contributed by atoms with E-state index >= 15 is 13.2 Å². The molecule has 3 aliphatic heterocycles. The molecule has 0 saturated carbocycles. The normalized spacial score (nSPS) is 19.9. The average Bonchev–Trinajstić information content (AvgIpc) is 3.59. The summed E-state index contributed by atoms with van der Waals surface area (Å²) in [6.45, 7) is 21.4. The zero-order chi connectivity index (χ0) is 30.6. The fraction of sp³-hybridized carbons (Fsp3) is 0.469. The molecule has 6 nitrogen and oxygen atoms in total. The molecule has 2 atom stereocenters. The van der Waals surface area contributed by atoms with Crippen LogP contribution in [0.3, 0.4) is 0 Å². The van der Waals surface area contributed by atoms with E-state index in [2.05, 4.69) is 43.5 Å². The summed E-state index contributed by atoms with van der Waals surface area (Å²) < 4.78 is 62.2. The van der Waals surface area contributed by atoms with Crippen molar-refractivity contribution in [2.24, 2.45) is 10.9 Å². The topological polar surface area (TPSA) is 42.4 Å². The molecule has 0 bridgehead atoms. The van der Waals surface area contributed by atoms with Gasteiger partial charge in [0.05, 0.1) is 18.4 Å². The maximum absolute atomic E-state index is 15.5. The van der Waals surface area contributed by atoms with Crippen molar-refractivity contribution in [2.75, 3.05) is 61.9 Å². The van der Waals surface area contributed by atoms with Gasteiger partial charge in [-0.25, -0.2) is 13.2 Å². The first-order valence-corrected chi connectivity index (χ1v) is 17.0. The SMILES string of the molecule is C=C1C=CN(c2c(F)cc(N3CC(CN(C4=NCC=C4)P(C)(=O)CC(=C)N(CCC)CCC)CC3=C)c(F)c2F)CC1. The van der Waals surface area contributed by atoms with Crippen LogP contribution in [0.1, 0.15) is 39.5 Å². The minimum Gasteiger partial charge on any atom is -0.375 e. The monoisotopic (exact) mass is 601 g/mol. The number of hydrogen-bond acceptors (Lipinski definition) is 5. The fourth-order valence-electron chi connectivity index (χ4n) is 5.87. The summed E-state index contributed by atoms with van der Waals surface area (Å²) in [5.74, 6) is -2.65. The maximum Gasteiger partial charge on any atom is 0.187 e. The van der Waals surface area contributed by atoms with E-state index in [-0.39, 0.29) is 18.2 Å². The van der Waals surface area contributed by atoms with Crippen molar-refractivity contribution < 1.29 is 17.7 Å². The number of amidine groups is 1. The Balaban J connectivity index is 1.55. The number of allylic oxidation sites excluding steroid dienone is 3. The number of benzene rings is 1. The van der Waals surface area contributed by atoms with E-state index in [0.29, 0.717) is 50.2 Å². The van der Waals surface area contributed by atoms with E-state index < -0.39 is 30.4 Å². The van der Waals surface area contributed by atoms with E-state index in [9.17, 15) is 4.57 Å². The molecule has 4 rings (SSSR count). The highest BCUT2D eigenvalue weighted by atomic mass is 31.2. The molecule has 3 aliphatic rings. The van der Waals surface area contributed by atoms with Crippen molar-refractivity contribution in [3.63, 3.8) is 0 Å². The van der Waals surface area contributed by atoms with Crippen LogP contribution in [0.5, 0.6) is 0 Å². The van der Waals surface area contributed by atoms with Crippen molar-refractivity contribution in [2.45, 2.75) is 39.5 Å². The quantitative estimate of drug-likeness (QED) is 0.183. The zero-order valence-corrected chi connectivity index (χ0v) is 26.0. The molecule has 42 heavy (non-hydrogen) atoms. The Morgan fingerprint density at radius 2 is 1.86 bits per heavy atom. The van der Waals surface area contributed by atoms with Crippen LogP contribution in [0.15, 0.2) is 72.2 Å². The summed E-state index contributed by atoms with van der Waals surface area (Å²) in [5, 5.41) is 0. The van der Waals surface area contributed by atoms with Crippen molar-refractivity contribution in [1.82, 2.24) is 9.57 Å². The van der Waals surface area contributed by atoms with Gasteiger partial charge in [-0.2, -0.15) is 0 Å². The molecule has 1 fully saturated rings. The minimum atomic E-state index is -2.98. The number of rotatable bonds is 12. The van der Waals surface area contributed by atoms with Crippen LogP contribution in [-0.2, 0) is 4.57 Å². The van der Waals surface area contributed by atoms with Crippen LogP contribution in [0.25, 0.3) is 0 Å². The van der Waals surface area contributed by atoms with Crippen LogP contribution < -0.4 is 9.80 Å². The molecule has 10 heteroatoms. The third-order valence-corrected chi connectivity index (χ3v) is 10.3. The fourth-order valence-corrected chi connectivity index (χ4v) is 8.05. The molecular formula is C32H43F3N5OP. The highest BCUT2D eigenvalue weighted by molar-refractivity contribution is 7.61. The number of aliphatic imine (C=N–C) groups is 1. The highest BCUT2D eigenvalue weighted by Gasteiger charge is 2.37. The third kappa shape index (κ3) is 6.88. The molecule has 1 saturated heterocycles. The Morgan fingerprint density at radius 1 is 1.14 bits per heavy atom. The average molecular weight is 602 g/mol. The van der Waals surface area contributed by atoms with Gasteiger partial charge in [0.2, 0.25) is 0 Å². The molecule has 2 unspecified atom stereocenters. The zero-order valence-electron chi connectivity index (χ0n) is 25.1. The lowest BCUT2D eigenvalue weighted by molar-refractivity contribution is 0.345. The maximum atomic E-state index is 15.5. The Labute approximate surface area is 248 Å². The van der Waals surface area contributed by atoms with Gasteiger partial charge in [-0.15, -0.1) is 0 Å². The van der Waals surface area contributed by atoms with E-state index in [1.807, 2.05) is 16.8 Å². The lowest BCUT2D eigenvalue weighted by atomic mass is 10.1. The van der Waals surface area contributed by atoms with Gasteiger partial charge >= 0.3 is 0 Å². The molecular weight excluding hydrogens is 558 g/mol. The lowest BCUT2D eigenvalue weighted by Crippen LogP contribution is -2.35. The summed E-state index contributed by atoms with van der Waals surface area (Å²) >= 11 is 0. The largest absolute Gasteiger partial charge is 0.375 e. The number of hydrogen-bond donors (Lipinski definition) is 0. The minimum absolute atomic E-state index is 0.112. The molecule has 1 aromatic carbocycles. The van der Waals surface area contributed by atoms with Gasteiger partial charge in [0.25, 0.3) is 0 Å². The van der Waals surface area contributed by atoms with Crippen LogP contribution in [-0.4, -0.2) is 67.5 Å². The van der Waals surface area contributed by atoms with E-state index in [0.717, 1.165) is 43.3 Å². The Bertz CT molecular complexity index is 1360. The summed E-state index contributed by atoms with van der Waals surface area (Å²) in [7, 11) is -2.98. The first kappa shape index (κ1) is 31.7. The molecule has 1 aromatic rings. The molecule has 0 aliphatic carbocycles. The summed E-state index contributed by atoms with van der Waals surface area (Å²) in [4.78, 5) is 9.68. The third-order valence-electron chi connectivity index (χ3n) is 7.95. The van der Waals surface area contributed by atoms with Crippen LogP contribution >= 0.6 is 7.29 Å². The second kappa shape index (κ2) is 13.4. The van der Waals surface area contributed by atoms with Crippen molar-refractivity contribution >= 4 is 24.5 Å². The van der Waals surface area contributed by atoms with Crippen LogP contribution in [0.4, 0.5) is 24.5 Å². The highest BCUT2D eigenvalue weighted by Crippen LogP contribution is 2.50. The van der Waals surface area contributed by atoms with Crippen LogP contribution in [0.2, 0.25) is 0 Å². The Hall–Kier alpha value is -3.19.